The van der Waals surface area contributed by atoms with E-state index in [0.29, 0.717) is 33.5 Å². The Morgan fingerprint density at radius 1 is 1.16 bits per heavy atom. The van der Waals surface area contributed by atoms with Crippen LogP contribution in [-0.4, -0.2) is 49.7 Å². The second kappa shape index (κ2) is 9.43. The van der Waals surface area contributed by atoms with Crippen molar-refractivity contribution in [2.24, 2.45) is 0 Å². The van der Waals surface area contributed by atoms with E-state index in [4.69, 9.17) is 26.2 Å². The van der Waals surface area contributed by atoms with Crippen molar-refractivity contribution in [2.75, 3.05) is 13.2 Å². The zero-order valence-electron chi connectivity index (χ0n) is 16.4. The van der Waals surface area contributed by atoms with Crippen molar-refractivity contribution in [3.8, 4) is 28.8 Å². The Labute approximate surface area is 185 Å². The van der Waals surface area contributed by atoms with Crippen molar-refractivity contribution in [3.63, 3.8) is 0 Å². The molecule has 0 saturated carbocycles. The van der Waals surface area contributed by atoms with E-state index in [1.165, 1.54) is 6.20 Å². The lowest BCUT2D eigenvalue weighted by Crippen LogP contribution is -2.15. The van der Waals surface area contributed by atoms with Crippen molar-refractivity contribution in [1.29, 1.82) is 0 Å². The number of rotatable bonds is 8. The van der Waals surface area contributed by atoms with Crippen molar-refractivity contribution in [2.45, 2.75) is 12.5 Å². The summed E-state index contributed by atoms with van der Waals surface area (Å²) < 4.78 is 37.7. The first kappa shape index (κ1) is 21.9. The van der Waals surface area contributed by atoms with E-state index >= 15 is 0 Å². The largest absolute Gasteiger partial charge is 0.493 e. The fourth-order valence-electron chi connectivity index (χ4n) is 2.89. The molecule has 1 atom stereocenters. The molecule has 3 N–H and O–H groups in total. The predicted molar refractivity (Wildman–Crippen MR) is 112 cm³/mol. The number of aromatic amines is 1. The van der Waals surface area contributed by atoms with Gasteiger partial charge in [-0.1, -0.05) is 11.6 Å². The second-order valence-electron chi connectivity index (χ2n) is 6.78. The maximum atomic E-state index is 13.8. The molecule has 0 aliphatic heterocycles. The Balaban J connectivity index is 1.53. The van der Waals surface area contributed by atoms with Gasteiger partial charge in [0, 0.05) is 24.2 Å². The number of aromatic nitrogens is 4. The summed E-state index contributed by atoms with van der Waals surface area (Å²) in [6.07, 6.45) is 0.897. The Hall–Kier alpha value is -3.34. The molecule has 4 aromatic rings. The highest BCUT2D eigenvalue weighted by molar-refractivity contribution is 6.33. The summed E-state index contributed by atoms with van der Waals surface area (Å²) in [4.78, 5) is 8.22. The molecule has 0 radical (unpaired) electrons. The summed E-state index contributed by atoms with van der Waals surface area (Å²) in [6.45, 7) is -0.112. The molecule has 11 heteroatoms. The van der Waals surface area contributed by atoms with Crippen LogP contribution in [0.1, 0.15) is 6.42 Å². The van der Waals surface area contributed by atoms with E-state index in [-0.39, 0.29) is 37.0 Å². The topological polar surface area (TPSA) is 113 Å². The van der Waals surface area contributed by atoms with Gasteiger partial charge in [-0.15, -0.1) is 0 Å². The molecule has 166 valence electrons. The van der Waals surface area contributed by atoms with Gasteiger partial charge in [-0.25, -0.2) is 13.8 Å². The van der Waals surface area contributed by atoms with Crippen LogP contribution >= 0.6 is 11.6 Å². The number of H-pyrrole nitrogens is 1. The number of ether oxygens (including phenoxy) is 2. The number of halogens is 3. The lowest BCUT2D eigenvalue weighted by Gasteiger charge is -2.10. The third kappa shape index (κ3) is 4.77. The van der Waals surface area contributed by atoms with Crippen molar-refractivity contribution in [1.82, 2.24) is 20.2 Å². The van der Waals surface area contributed by atoms with Crippen molar-refractivity contribution >= 4 is 22.6 Å². The van der Waals surface area contributed by atoms with Gasteiger partial charge in [-0.3, -0.25) is 5.10 Å². The molecule has 0 unspecified atom stereocenters. The highest BCUT2D eigenvalue weighted by Crippen LogP contribution is 2.34. The molecule has 0 aliphatic rings. The van der Waals surface area contributed by atoms with Crippen LogP contribution in [-0.2, 0) is 0 Å². The van der Waals surface area contributed by atoms with Gasteiger partial charge >= 0.3 is 6.01 Å². The number of nitrogens with zero attached hydrogens (tertiary/aromatic N) is 3. The first-order valence-electron chi connectivity index (χ1n) is 9.50. The normalized spacial score (nSPS) is 12.2. The Morgan fingerprint density at radius 3 is 2.75 bits per heavy atom. The number of hydrogen-bond acceptors (Lipinski definition) is 7. The third-order valence-electron chi connectivity index (χ3n) is 4.53. The summed E-state index contributed by atoms with van der Waals surface area (Å²) in [5.74, 6) is -1.32. The van der Waals surface area contributed by atoms with Gasteiger partial charge in [-0.2, -0.15) is 10.1 Å². The van der Waals surface area contributed by atoms with E-state index in [2.05, 4.69) is 20.2 Å². The minimum absolute atomic E-state index is 0.152. The van der Waals surface area contributed by atoms with Crippen LogP contribution in [0.15, 0.2) is 42.6 Å². The maximum Gasteiger partial charge on any atom is 0.324 e. The molecule has 2 aromatic heterocycles. The van der Waals surface area contributed by atoms with Crippen LogP contribution in [0.4, 0.5) is 8.78 Å². The quantitative estimate of drug-likeness (QED) is 0.364. The number of aliphatic hydroxyl groups is 2. The Morgan fingerprint density at radius 2 is 2.00 bits per heavy atom. The van der Waals surface area contributed by atoms with E-state index in [9.17, 15) is 13.9 Å². The molecule has 32 heavy (non-hydrogen) atoms. The summed E-state index contributed by atoms with van der Waals surface area (Å²) in [5, 5.41) is 26.1. The molecular formula is C21H17ClF2N4O4. The van der Waals surface area contributed by atoms with E-state index < -0.39 is 17.7 Å². The monoisotopic (exact) mass is 462 g/mol. The molecule has 4 rings (SSSR count). The van der Waals surface area contributed by atoms with Gasteiger partial charge < -0.3 is 19.7 Å². The van der Waals surface area contributed by atoms with Crippen LogP contribution < -0.4 is 9.47 Å². The fourth-order valence-corrected chi connectivity index (χ4v) is 3.16. The minimum atomic E-state index is -0.878. The molecule has 0 saturated heterocycles. The number of hydrogen-bond donors (Lipinski definition) is 3. The maximum absolute atomic E-state index is 13.8. The van der Waals surface area contributed by atoms with Crippen LogP contribution in [0.5, 0.6) is 17.5 Å². The lowest BCUT2D eigenvalue weighted by molar-refractivity contribution is 0.0754. The number of nitrogens with one attached hydrogen (secondary N) is 1. The second-order valence-corrected chi connectivity index (χ2v) is 7.19. The third-order valence-corrected chi connectivity index (χ3v) is 4.84. The molecule has 0 fully saturated rings. The minimum Gasteiger partial charge on any atom is -0.493 e. The summed E-state index contributed by atoms with van der Waals surface area (Å²) >= 11 is 6.40. The average molecular weight is 463 g/mol. The van der Waals surface area contributed by atoms with Crippen LogP contribution in [0.3, 0.4) is 0 Å². The molecule has 2 heterocycles. The standard InChI is InChI=1S/C21H17ClF2N4O4/c22-16-8-13(31-6-5-12(30)10-29)2-3-14(16)19-15-9-25-21(26-20(15)28-27-19)32-18-4-1-11(23)7-17(18)24/h1-4,7-9,12,29-30H,5-6,10H2,(H,25,26,27,28)/t12-/m0/s1. The Bertz CT molecular complexity index is 1250. The van der Waals surface area contributed by atoms with Gasteiger partial charge in [0.05, 0.1) is 35.4 Å². The zero-order chi connectivity index (χ0) is 22.7. The first-order chi connectivity index (χ1) is 15.4. The van der Waals surface area contributed by atoms with Gasteiger partial charge in [0.15, 0.2) is 17.2 Å². The molecule has 8 nitrogen and oxygen atoms in total. The molecule has 0 amide bonds. The molecule has 0 spiro atoms. The molecule has 0 bridgehead atoms. The highest BCUT2D eigenvalue weighted by atomic mass is 35.5. The number of benzene rings is 2. The van der Waals surface area contributed by atoms with Crippen LogP contribution in [0.25, 0.3) is 22.3 Å². The average Bonchev–Trinajstić information content (AvgIpc) is 3.18. The van der Waals surface area contributed by atoms with Gasteiger partial charge in [-0.05, 0) is 30.3 Å². The predicted octanol–water partition coefficient (Wildman–Crippen LogP) is 3.87. The van der Waals surface area contributed by atoms with Crippen molar-refractivity contribution in [3.05, 3.63) is 59.3 Å². The zero-order valence-corrected chi connectivity index (χ0v) is 17.2. The van der Waals surface area contributed by atoms with E-state index in [1.54, 1.807) is 18.2 Å². The fraction of sp³-hybridized carbons (Fsp3) is 0.190. The van der Waals surface area contributed by atoms with Crippen molar-refractivity contribution < 1.29 is 28.5 Å². The Kier molecular flexibility index (Phi) is 6.45. The molecule has 0 aliphatic carbocycles. The molecular weight excluding hydrogens is 446 g/mol. The number of aliphatic hydroxyl groups excluding tert-OH is 2. The summed E-state index contributed by atoms with van der Waals surface area (Å²) in [6, 6.07) is 7.80. The van der Waals surface area contributed by atoms with Gasteiger partial charge in [0.1, 0.15) is 11.6 Å². The lowest BCUT2D eigenvalue weighted by atomic mass is 10.1. The first-order valence-corrected chi connectivity index (χ1v) is 9.88. The van der Waals surface area contributed by atoms with E-state index in [1.807, 2.05) is 0 Å². The SMILES string of the molecule is OC[C@@H](O)CCOc1ccc(-c2[nH]nc3nc(Oc4ccc(F)cc4F)ncc23)c(Cl)c1. The summed E-state index contributed by atoms with van der Waals surface area (Å²) in [5.41, 5.74) is 1.45. The van der Waals surface area contributed by atoms with Crippen LogP contribution in [0.2, 0.25) is 5.02 Å². The summed E-state index contributed by atoms with van der Waals surface area (Å²) in [7, 11) is 0. The van der Waals surface area contributed by atoms with Gasteiger partial charge in [0.2, 0.25) is 0 Å². The molecule has 2 aromatic carbocycles. The highest BCUT2D eigenvalue weighted by Gasteiger charge is 2.16. The number of fused-ring (bicyclic) bond motifs is 1. The van der Waals surface area contributed by atoms with Gasteiger partial charge in [0.25, 0.3) is 0 Å². The van der Waals surface area contributed by atoms with Crippen LogP contribution in [0, 0.1) is 11.6 Å². The van der Waals surface area contributed by atoms with E-state index in [0.717, 1.165) is 12.1 Å². The smallest absolute Gasteiger partial charge is 0.324 e.